The second-order valence-corrected chi connectivity index (χ2v) is 7.98. The van der Waals surface area contributed by atoms with Gasteiger partial charge in [0.05, 0.1) is 0 Å². The van der Waals surface area contributed by atoms with Gasteiger partial charge < -0.3 is 9.64 Å². The van der Waals surface area contributed by atoms with Crippen LogP contribution < -0.4 is 0 Å². The van der Waals surface area contributed by atoms with Gasteiger partial charge in [-0.15, -0.1) is 0 Å². The highest BCUT2D eigenvalue weighted by Gasteiger charge is 2.42. The van der Waals surface area contributed by atoms with E-state index in [0.29, 0.717) is 0 Å². The number of rotatable bonds is 4. The molecular weight excluding hydrogens is 342 g/mol. The molecule has 4 rings (SSSR count). The zero-order chi connectivity index (χ0) is 18.8. The van der Waals surface area contributed by atoms with E-state index in [1.165, 1.54) is 12.8 Å². The van der Waals surface area contributed by atoms with Gasteiger partial charge in [-0.3, -0.25) is 14.6 Å². The standard InChI is InChI=1S/C21H29N3O3/c1-16-7-10-19(20(25)23-13-11-22(12-14-23)18-8-9-18)24(16)21(26)27-15-17-5-3-2-4-6-17/h2-6,16,18-19H,7-15H2,1H3/t16-,19+/m1/s1. The molecular formula is C21H29N3O3. The molecule has 0 unspecified atom stereocenters. The van der Waals surface area contributed by atoms with E-state index >= 15 is 0 Å². The molecule has 0 N–H and O–H groups in total. The minimum Gasteiger partial charge on any atom is -0.445 e. The van der Waals surface area contributed by atoms with Crippen LogP contribution in [0.4, 0.5) is 4.79 Å². The van der Waals surface area contributed by atoms with Crippen LogP contribution in [-0.4, -0.2) is 71.0 Å². The highest BCUT2D eigenvalue weighted by Crippen LogP contribution is 2.29. The molecule has 1 aliphatic carbocycles. The van der Waals surface area contributed by atoms with Crippen LogP contribution >= 0.6 is 0 Å². The Kier molecular flexibility index (Phi) is 5.34. The maximum absolute atomic E-state index is 13.1. The average molecular weight is 371 g/mol. The Hall–Kier alpha value is -2.08. The van der Waals surface area contributed by atoms with Crippen LogP contribution in [0.25, 0.3) is 0 Å². The van der Waals surface area contributed by atoms with E-state index in [9.17, 15) is 9.59 Å². The molecule has 2 saturated heterocycles. The minimum atomic E-state index is -0.379. The third-order valence-corrected chi connectivity index (χ3v) is 6.06. The normalized spacial score (nSPS) is 26.3. The maximum atomic E-state index is 13.1. The predicted octanol–water partition coefficient (Wildman–Crippen LogP) is 2.48. The lowest BCUT2D eigenvalue weighted by Gasteiger charge is -2.37. The summed E-state index contributed by atoms with van der Waals surface area (Å²) in [5.41, 5.74) is 0.955. The van der Waals surface area contributed by atoms with Gasteiger partial charge in [-0.25, -0.2) is 4.79 Å². The number of piperazine rings is 1. The van der Waals surface area contributed by atoms with Crippen LogP contribution in [0.1, 0.15) is 38.2 Å². The lowest BCUT2D eigenvalue weighted by atomic mass is 10.1. The van der Waals surface area contributed by atoms with Crippen LogP contribution in [0.5, 0.6) is 0 Å². The molecule has 2 heterocycles. The summed E-state index contributed by atoms with van der Waals surface area (Å²) < 4.78 is 5.51. The lowest BCUT2D eigenvalue weighted by molar-refractivity contribution is -0.137. The summed E-state index contributed by atoms with van der Waals surface area (Å²) in [6.07, 6.45) is 3.80. The fraction of sp³-hybridized carbons (Fsp3) is 0.619. The van der Waals surface area contributed by atoms with E-state index < -0.39 is 0 Å². The van der Waals surface area contributed by atoms with Crippen molar-refractivity contribution >= 4 is 12.0 Å². The summed E-state index contributed by atoms with van der Waals surface area (Å²) >= 11 is 0. The Morgan fingerprint density at radius 2 is 1.70 bits per heavy atom. The number of hydrogen-bond donors (Lipinski definition) is 0. The average Bonchev–Trinajstić information content (AvgIpc) is 3.48. The molecule has 2 amide bonds. The summed E-state index contributed by atoms with van der Waals surface area (Å²) in [4.78, 5) is 31.9. The van der Waals surface area contributed by atoms with E-state index in [1.54, 1.807) is 4.90 Å². The number of carbonyl (C=O) groups is 2. The molecule has 1 aromatic carbocycles. The first-order valence-electron chi connectivity index (χ1n) is 10.2. The molecule has 3 aliphatic rings. The molecule has 146 valence electrons. The van der Waals surface area contributed by atoms with Crippen molar-refractivity contribution in [2.75, 3.05) is 26.2 Å². The van der Waals surface area contributed by atoms with Crippen LogP contribution in [0.2, 0.25) is 0 Å². The number of hydrogen-bond acceptors (Lipinski definition) is 4. The topological polar surface area (TPSA) is 53.1 Å². The molecule has 27 heavy (non-hydrogen) atoms. The number of likely N-dealkylation sites (tertiary alicyclic amines) is 1. The van der Waals surface area contributed by atoms with Crippen molar-refractivity contribution in [1.29, 1.82) is 0 Å². The molecule has 2 aliphatic heterocycles. The third kappa shape index (κ3) is 4.10. The van der Waals surface area contributed by atoms with E-state index in [4.69, 9.17) is 4.74 Å². The first kappa shape index (κ1) is 18.3. The van der Waals surface area contributed by atoms with Gasteiger partial charge in [0.25, 0.3) is 0 Å². The highest BCUT2D eigenvalue weighted by molar-refractivity contribution is 5.86. The van der Waals surface area contributed by atoms with E-state index in [2.05, 4.69) is 4.90 Å². The van der Waals surface area contributed by atoms with Crippen LogP contribution in [0, 0.1) is 0 Å². The zero-order valence-electron chi connectivity index (χ0n) is 16.0. The van der Waals surface area contributed by atoms with Gasteiger partial charge >= 0.3 is 6.09 Å². The van der Waals surface area contributed by atoms with Crippen LogP contribution in [0.15, 0.2) is 30.3 Å². The first-order valence-corrected chi connectivity index (χ1v) is 10.2. The van der Waals surface area contributed by atoms with Gasteiger partial charge in [0.15, 0.2) is 0 Å². The van der Waals surface area contributed by atoms with E-state index in [-0.39, 0.29) is 30.7 Å². The number of ether oxygens (including phenoxy) is 1. The van der Waals surface area contributed by atoms with Crippen molar-refractivity contribution in [1.82, 2.24) is 14.7 Å². The quantitative estimate of drug-likeness (QED) is 0.816. The minimum absolute atomic E-state index is 0.0370. The monoisotopic (exact) mass is 371 g/mol. The summed E-state index contributed by atoms with van der Waals surface area (Å²) in [7, 11) is 0. The van der Waals surface area contributed by atoms with Crippen LogP contribution in [0.3, 0.4) is 0 Å². The van der Waals surface area contributed by atoms with Crippen LogP contribution in [-0.2, 0) is 16.1 Å². The van der Waals surface area contributed by atoms with Crippen molar-refractivity contribution in [3.8, 4) is 0 Å². The molecule has 1 saturated carbocycles. The van der Waals surface area contributed by atoms with Gasteiger partial charge in [-0.2, -0.15) is 0 Å². The van der Waals surface area contributed by atoms with E-state index in [1.807, 2.05) is 42.2 Å². The Morgan fingerprint density at radius 3 is 2.37 bits per heavy atom. The summed E-state index contributed by atoms with van der Waals surface area (Å²) in [5, 5.41) is 0. The second kappa shape index (κ2) is 7.89. The Balaban J connectivity index is 1.34. The molecule has 0 aromatic heterocycles. The summed E-state index contributed by atoms with van der Waals surface area (Å²) in [5.74, 6) is 0.0893. The molecule has 0 bridgehead atoms. The highest BCUT2D eigenvalue weighted by atomic mass is 16.6. The second-order valence-electron chi connectivity index (χ2n) is 7.98. The predicted molar refractivity (Wildman–Crippen MR) is 102 cm³/mol. The Morgan fingerprint density at radius 1 is 1.00 bits per heavy atom. The van der Waals surface area contributed by atoms with Gasteiger partial charge in [0.1, 0.15) is 12.6 Å². The Labute approximate surface area is 161 Å². The van der Waals surface area contributed by atoms with Crippen molar-refractivity contribution in [3.05, 3.63) is 35.9 Å². The molecule has 1 aromatic rings. The number of amides is 2. The first-order chi connectivity index (χ1) is 13.1. The fourth-order valence-corrected chi connectivity index (χ4v) is 4.29. The molecule has 0 radical (unpaired) electrons. The molecule has 6 nitrogen and oxygen atoms in total. The zero-order valence-corrected chi connectivity index (χ0v) is 16.0. The smallest absolute Gasteiger partial charge is 0.411 e. The number of nitrogens with zero attached hydrogens (tertiary/aromatic N) is 3. The van der Waals surface area contributed by atoms with Crippen molar-refractivity contribution in [2.45, 2.75) is 57.3 Å². The molecule has 2 atom stereocenters. The van der Waals surface area contributed by atoms with Gasteiger partial charge in [0, 0.05) is 38.3 Å². The maximum Gasteiger partial charge on any atom is 0.411 e. The fourth-order valence-electron chi connectivity index (χ4n) is 4.29. The number of benzene rings is 1. The van der Waals surface area contributed by atoms with Gasteiger partial charge in [-0.05, 0) is 38.2 Å². The summed E-state index contributed by atoms with van der Waals surface area (Å²) in [6, 6.07) is 10.1. The van der Waals surface area contributed by atoms with Crippen molar-refractivity contribution < 1.29 is 14.3 Å². The summed E-state index contributed by atoms with van der Waals surface area (Å²) in [6.45, 7) is 5.69. The number of carbonyl (C=O) groups excluding carboxylic acids is 2. The van der Waals surface area contributed by atoms with Gasteiger partial charge in [0.2, 0.25) is 5.91 Å². The largest absolute Gasteiger partial charge is 0.445 e. The SMILES string of the molecule is C[C@@H]1CC[C@@H](C(=O)N2CCN(C3CC3)CC2)N1C(=O)OCc1ccccc1. The lowest BCUT2D eigenvalue weighted by Crippen LogP contribution is -2.55. The Bertz CT molecular complexity index is 669. The van der Waals surface area contributed by atoms with Crippen molar-refractivity contribution in [3.63, 3.8) is 0 Å². The van der Waals surface area contributed by atoms with E-state index in [0.717, 1.165) is 50.6 Å². The van der Waals surface area contributed by atoms with Crippen molar-refractivity contribution in [2.24, 2.45) is 0 Å². The molecule has 0 spiro atoms. The van der Waals surface area contributed by atoms with Gasteiger partial charge in [-0.1, -0.05) is 30.3 Å². The third-order valence-electron chi connectivity index (χ3n) is 6.06. The molecule has 6 heteroatoms. The molecule has 3 fully saturated rings.